The highest BCUT2D eigenvalue weighted by molar-refractivity contribution is 5.97. The summed E-state index contributed by atoms with van der Waals surface area (Å²) in [6.45, 7) is 9.71. The number of hydrogen-bond acceptors (Lipinski definition) is 5. The van der Waals surface area contributed by atoms with Gasteiger partial charge < -0.3 is 9.47 Å². The van der Waals surface area contributed by atoms with Crippen molar-refractivity contribution < 1.29 is 19.2 Å². The lowest BCUT2D eigenvalue weighted by molar-refractivity contribution is -0.386. The van der Waals surface area contributed by atoms with Crippen LogP contribution in [0.25, 0.3) is 5.57 Å². The van der Waals surface area contributed by atoms with E-state index in [0.29, 0.717) is 5.56 Å². The fourth-order valence-corrected chi connectivity index (χ4v) is 3.03. The van der Waals surface area contributed by atoms with Crippen molar-refractivity contribution in [2.45, 2.75) is 27.4 Å². The Morgan fingerprint density at radius 2 is 1.68 bits per heavy atom. The maximum atomic E-state index is 12.1. The van der Waals surface area contributed by atoms with Crippen LogP contribution in [-0.2, 0) is 11.3 Å². The number of nitrogens with zero attached hydrogens (tertiary/aromatic N) is 1. The van der Waals surface area contributed by atoms with E-state index in [1.807, 2.05) is 51.1 Å². The van der Waals surface area contributed by atoms with Crippen LogP contribution in [0.2, 0.25) is 0 Å². The highest BCUT2D eigenvalue weighted by Gasteiger charge is 2.30. The number of carbonyl (C=O) groups excluding carboxylic acids is 1. The predicted octanol–water partition coefficient (Wildman–Crippen LogP) is 5.33. The molecule has 0 unspecified atom stereocenters. The van der Waals surface area contributed by atoms with Gasteiger partial charge in [0.05, 0.1) is 12.0 Å². The molecule has 0 bridgehead atoms. The van der Waals surface area contributed by atoms with Crippen molar-refractivity contribution in [1.29, 1.82) is 0 Å². The van der Waals surface area contributed by atoms with Gasteiger partial charge in [0.2, 0.25) is 5.75 Å². The van der Waals surface area contributed by atoms with Gasteiger partial charge in [-0.05, 0) is 44.0 Å². The molecule has 0 radical (unpaired) electrons. The van der Waals surface area contributed by atoms with E-state index in [1.54, 1.807) is 6.07 Å². The Kier molecular flexibility index (Phi) is 6.71. The number of esters is 1. The molecule has 2 aromatic rings. The van der Waals surface area contributed by atoms with Gasteiger partial charge in [-0.3, -0.25) is 10.1 Å². The minimum Gasteiger partial charge on any atom is -0.481 e. The summed E-state index contributed by atoms with van der Waals surface area (Å²) in [6.07, 6.45) is 0. The third kappa shape index (κ3) is 4.46. The molecule has 2 rings (SSSR count). The molecule has 6 nitrogen and oxygen atoms in total. The molecule has 0 saturated carbocycles. The average Bonchev–Trinajstić information content (AvgIpc) is 2.66. The number of nitro groups is 1. The second kappa shape index (κ2) is 8.99. The summed E-state index contributed by atoms with van der Waals surface area (Å²) >= 11 is 0. The molecular formula is C22H23NO5. The maximum absolute atomic E-state index is 12.1. The van der Waals surface area contributed by atoms with E-state index in [4.69, 9.17) is 9.47 Å². The molecule has 2 aromatic carbocycles. The second-order valence-electron chi connectivity index (χ2n) is 6.52. The zero-order valence-corrected chi connectivity index (χ0v) is 16.4. The van der Waals surface area contributed by atoms with Crippen LogP contribution in [0, 0.1) is 10.1 Å². The number of allylic oxidation sites excluding steroid dienone is 3. The number of carbonyl (C=O) groups is 1. The number of hydrogen-bond donors (Lipinski definition) is 0. The summed E-state index contributed by atoms with van der Waals surface area (Å²) in [6, 6.07) is 12.3. The van der Waals surface area contributed by atoms with Crippen molar-refractivity contribution in [3.05, 3.63) is 87.0 Å². The first-order valence-electron chi connectivity index (χ1n) is 8.68. The monoisotopic (exact) mass is 381 g/mol. The van der Waals surface area contributed by atoms with Crippen LogP contribution in [0.3, 0.4) is 0 Å². The van der Waals surface area contributed by atoms with Gasteiger partial charge in [0, 0.05) is 5.56 Å². The minimum atomic E-state index is -0.795. The number of rotatable bonds is 7. The predicted molar refractivity (Wildman–Crippen MR) is 108 cm³/mol. The van der Waals surface area contributed by atoms with Crippen LogP contribution < -0.4 is 4.74 Å². The Morgan fingerprint density at radius 3 is 2.18 bits per heavy atom. The van der Waals surface area contributed by atoms with Crippen molar-refractivity contribution in [1.82, 2.24) is 0 Å². The average molecular weight is 381 g/mol. The largest absolute Gasteiger partial charge is 0.481 e. The zero-order chi connectivity index (χ0) is 20.8. The van der Waals surface area contributed by atoms with Gasteiger partial charge in [0.25, 0.3) is 0 Å². The molecule has 0 aromatic heterocycles. The van der Waals surface area contributed by atoms with Gasteiger partial charge in [-0.1, -0.05) is 48.1 Å². The normalized spacial score (nSPS) is 10.1. The van der Waals surface area contributed by atoms with Crippen molar-refractivity contribution in [3.63, 3.8) is 0 Å². The van der Waals surface area contributed by atoms with Gasteiger partial charge in [-0.25, -0.2) is 4.79 Å². The summed E-state index contributed by atoms with van der Waals surface area (Å²) < 4.78 is 10.6. The minimum absolute atomic E-state index is 0.0240. The first-order chi connectivity index (χ1) is 13.3. The Bertz CT molecular complexity index is 941. The van der Waals surface area contributed by atoms with Crippen molar-refractivity contribution in [2.75, 3.05) is 7.11 Å². The summed E-state index contributed by atoms with van der Waals surface area (Å²) in [5, 5.41) is 11.9. The van der Waals surface area contributed by atoms with E-state index in [2.05, 4.69) is 6.58 Å². The van der Waals surface area contributed by atoms with Crippen LogP contribution in [-0.4, -0.2) is 18.0 Å². The van der Waals surface area contributed by atoms with Gasteiger partial charge >= 0.3 is 11.7 Å². The molecule has 0 saturated heterocycles. The number of methoxy groups -OCH3 is 1. The highest BCUT2D eigenvalue weighted by Crippen LogP contribution is 2.41. The maximum Gasteiger partial charge on any atom is 0.345 e. The lowest BCUT2D eigenvalue weighted by Crippen LogP contribution is -2.10. The smallest absolute Gasteiger partial charge is 0.345 e. The topological polar surface area (TPSA) is 78.7 Å². The molecule has 0 amide bonds. The number of benzene rings is 2. The van der Waals surface area contributed by atoms with E-state index in [1.165, 1.54) is 13.2 Å². The third-order valence-electron chi connectivity index (χ3n) is 4.14. The fraction of sp³-hybridized carbons (Fsp3) is 0.227. The lowest BCUT2D eigenvalue weighted by atomic mass is 9.93. The van der Waals surface area contributed by atoms with E-state index in [-0.39, 0.29) is 17.9 Å². The molecule has 0 atom stereocenters. The van der Waals surface area contributed by atoms with Crippen molar-refractivity contribution >= 4 is 17.2 Å². The van der Waals surface area contributed by atoms with Gasteiger partial charge in [-0.15, -0.1) is 0 Å². The standard InChI is InChI=1S/C22H23NO5/c1-14(2)19(15(3)4)17-11-12-18(22(24)27-5)20(23(25)26)21(17)28-13-16-9-7-6-8-10-16/h6-12H,1,13H2,2-5H3. The van der Waals surface area contributed by atoms with Crippen LogP contribution in [0.1, 0.15) is 42.3 Å². The van der Waals surface area contributed by atoms with Crippen molar-refractivity contribution in [2.24, 2.45) is 0 Å². The molecule has 0 N–H and O–H groups in total. The first-order valence-corrected chi connectivity index (χ1v) is 8.68. The molecule has 28 heavy (non-hydrogen) atoms. The van der Waals surface area contributed by atoms with E-state index in [9.17, 15) is 14.9 Å². The molecule has 6 heteroatoms. The Morgan fingerprint density at radius 1 is 1.07 bits per heavy atom. The zero-order valence-electron chi connectivity index (χ0n) is 16.4. The van der Waals surface area contributed by atoms with E-state index < -0.39 is 16.6 Å². The second-order valence-corrected chi connectivity index (χ2v) is 6.52. The molecule has 0 aliphatic rings. The van der Waals surface area contributed by atoms with Gasteiger partial charge in [0.1, 0.15) is 12.2 Å². The molecule has 0 spiro atoms. The summed E-state index contributed by atoms with van der Waals surface area (Å²) in [4.78, 5) is 23.4. The molecule has 0 fully saturated rings. The van der Waals surface area contributed by atoms with Crippen LogP contribution in [0.5, 0.6) is 5.75 Å². The fourth-order valence-electron chi connectivity index (χ4n) is 3.03. The summed E-state index contributed by atoms with van der Waals surface area (Å²) in [5.74, 6) is -0.771. The first kappa shape index (κ1) is 20.9. The molecule has 0 heterocycles. The van der Waals surface area contributed by atoms with Gasteiger partial charge in [-0.2, -0.15) is 0 Å². The SMILES string of the molecule is C=C(C)C(=C(C)C)c1ccc(C(=O)OC)c([N+](=O)[O-])c1OCc1ccccc1. The Labute approximate surface area is 164 Å². The quantitative estimate of drug-likeness (QED) is 0.280. The molecular weight excluding hydrogens is 358 g/mol. The van der Waals surface area contributed by atoms with Crippen LogP contribution in [0.15, 0.2) is 60.2 Å². The molecule has 0 aliphatic carbocycles. The molecule has 0 aliphatic heterocycles. The molecule has 146 valence electrons. The van der Waals surface area contributed by atoms with Crippen LogP contribution >= 0.6 is 0 Å². The van der Waals surface area contributed by atoms with E-state index in [0.717, 1.165) is 22.3 Å². The van der Waals surface area contributed by atoms with Crippen LogP contribution in [0.4, 0.5) is 5.69 Å². The number of ether oxygens (including phenoxy) is 2. The van der Waals surface area contributed by atoms with Crippen molar-refractivity contribution in [3.8, 4) is 5.75 Å². The number of nitro benzene ring substituents is 1. The Hall–Kier alpha value is -3.41. The summed E-state index contributed by atoms with van der Waals surface area (Å²) in [5.41, 5.74) is 3.21. The summed E-state index contributed by atoms with van der Waals surface area (Å²) in [7, 11) is 1.18. The van der Waals surface area contributed by atoms with Gasteiger partial charge in [0.15, 0.2) is 0 Å². The Balaban J connectivity index is 2.72. The third-order valence-corrected chi connectivity index (χ3v) is 4.14. The lowest BCUT2D eigenvalue weighted by Gasteiger charge is -2.17. The highest BCUT2D eigenvalue weighted by atomic mass is 16.6. The van der Waals surface area contributed by atoms with E-state index >= 15 is 0 Å².